The number of aliphatic hydroxyl groups excluding tert-OH is 2. The minimum Gasteiger partial charge on any atom is -0.507 e. The molecule has 0 saturated heterocycles. The van der Waals surface area contributed by atoms with Gasteiger partial charge in [0.25, 0.3) is 0 Å². The Kier molecular flexibility index (Phi) is 6.00. The summed E-state index contributed by atoms with van der Waals surface area (Å²) >= 11 is 5.91. The second-order valence-electron chi connectivity index (χ2n) is 5.45. The molecule has 2 aromatic rings. The van der Waals surface area contributed by atoms with E-state index in [0.29, 0.717) is 29.4 Å². The molecular formula is C17H20ClN3O3. The minimum atomic E-state index is -0.522. The molecule has 0 aliphatic carbocycles. The molecule has 0 aliphatic heterocycles. The number of hydrogen-bond donors (Lipinski definition) is 3. The van der Waals surface area contributed by atoms with Crippen molar-refractivity contribution in [2.24, 2.45) is 0 Å². The van der Waals surface area contributed by atoms with Crippen LogP contribution in [0.2, 0.25) is 5.28 Å². The summed E-state index contributed by atoms with van der Waals surface area (Å²) in [5.41, 5.74) is 2.02. The van der Waals surface area contributed by atoms with E-state index in [4.69, 9.17) is 16.3 Å². The van der Waals surface area contributed by atoms with Crippen LogP contribution in [0.4, 0.5) is 5.82 Å². The molecule has 1 atom stereocenters. The molecule has 1 heterocycles. The topological polar surface area (TPSA) is 87.5 Å². The number of rotatable bonds is 6. The third-order valence-corrected chi connectivity index (χ3v) is 3.33. The predicted octanol–water partition coefficient (Wildman–Crippen LogP) is 3.30. The summed E-state index contributed by atoms with van der Waals surface area (Å²) in [5, 5.41) is 22.7. The third-order valence-electron chi connectivity index (χ3n) is 3.16. The fourth-order valence-corrected chi connectivity index (χ4v) is 2.28. The zero-order valence-corrected chi connectivity index (χ0v) is 14.5. The molecule has 0 unspecified atom stereocenters. The Bertz CT molecular complexity index is 748. The number of benzene rings is 1. The number of nitrogens with one attached hydrogen (secondary N) is 1. The van der Waals surface area contributed by atoms with Crippen LogP contribution in [0.5, 0.6) is 5.75 Å². The Balaban J connectivity index is 2.31. The van der Waals surface area contributed by atoms with Crippen LogP contribution >= 0.6 is 11.6 Å². The van der Waals surface area contributed by atoms with Crippen LogP contribution in [0.15, 0.2) is 24.3 Å². The molecule has 24 heavy (non-hydrogen) atoms. The van der Waals surface area contributed by atoms with Gasteiger partial charge in [-0.15, -0.1) is 0 Å². The predicted molar refractivity (Wildman–Crippen MR) is 95.4 cm³/mol. The molecule has 1 aromatic heterocycles. The number of aliphatic hydroxyl groups is 2. The molecule has 0 bridgehead atoms. The van der Waals surface area contributed by atoms with Gasteiger partial charge >= 0.3 is 0 Å². The third kappa shape index (κ3) is 5.11. The Hall–Kier alpha value is -2.31. The van der Waals surface area contributed by atoms with Gasteiger partial charge in [-0.1, -0.05) is 0 Å². The van der Waals surface area contributed by atoms with Crippen LogP contribution < -0.4 is 10.1 Å². The van der Waals surface area contributed by atoms with Crippen LogP contribution in [0.3, 0.4) is 0 Å². The summed E-state index contributed by atoms with van der Waals surface area (Å²) in [7, 11) is 1.57. The zero-order valence-electron chi connectivity index (χ0n) is 13.7. The summed E-state index contributed by atoms with van der Waals surface area (Å²) in [5.74, 6) is 1.16. The highest BCUT2D eigenvalue weighted by Crippen LogP contribution is 2.23. The lowest BCUT2D eigenvalue weighted by molar-refractivity contribution is 0.208. The quantitative estimate of drug-likeness (QED) is 0.548. The van der Waals surface area contributed by atoms with Gasteiger partial charge in [0, 0.05) is 24.3 Å². The van der Waals surface area contributed by atoms with Crippen molar-refractivity contribution in [3.63, 3.8) is 0 Å². The first-order chi connectivity index (χ1) is 11.4. The van der Waals surface area contributed by atoms with E-state index >= 15 is 0 Å². The molecule has 0 aliphatic rings. The first kappa shape index (κ1) is 18.0. The SMILES string of the molecule is COc1cc(C)cc(/C(O)=C\c2cc(NC[C@H](C)O)nc(Cl)n2)c1. The Morgan fingerprint density at radius 3 is 2.75 bits per heavy atom. The van der Waals surface area contributed by atoms with E-state index in [1.54, 1.807) is 26.2 Å². The lowest BCUT2D eigenvalue weighted by atomic mass is 10.1. The largest absolute Gasteiger partial charge is 0.507 e. The lowest BCUT2D eigenvalue weighted by Gasteiger charge is -2.09. The molecule has 1 aromatic carbocycles. The van der Waals surface area contributed by atoms with Gasteiger partial charge in [-0.05, 0) is 49.2 Å². The maximum Gasteiger partial charge on any atom is 0.224 e. The smallest absolute Gasteiger partial charge is 0.224 e. The highest BCUT2D eigenvalue weighted by Gasteiger charge is 2.07. The summed E-state index contributed by atoms with van der Waals surface area (Å²) in [6.07, 6.45) is 0.973. The molecule has 0 radical (unpaired) electrons. The molecular weight excluding hydrogens is 330 g/mol. The van der Waals surface area contributed by atoms with Crippen LogP contribution in [0.25, 0.3) is 11.8 Å². The maximum absolute atomic E-state index is 10.4. The van der Waals surface area contributed by atoms with Crippen molar-refractivity contribution in [2.75, 3.05) is 19.0 Å². The molecule has 3 N–H and O–H groups in total. The van der Waals surface area contributed by atoms with Gasteiger partial charge in [0.2, 0.25) is 5.28 Å². The molecule has 7 heteroatoms. The first-order valence-corrected chi connectivity index (χ1v) is 7.78. The summed E-state index contributed by atoms with van der Waals surface area (Å²) in [4.78, 5) is 8.10. The van der Waals surface area contributed by atoms with Crippen LogP contribution in [0, 0.1) is 6.92 Å². The Labute approximate surface area is 145 Å². The maximum atomic E-state index is 10.4. The standard InChI is InChI=1S/C17H20ClN3O3/c1-10-4-12(6-14(5-10)24-3)15(23)7-13-8-16(19-9-11(2)22)21-17(18)20-13/h4-8,11,22-23H,9H2,1-3H3,(H,19,20,21)/b15-7+/t11-/m0/s1. The molecule has 2 rings (SSSR count). The van der Waals surface area contributed by atoms with E-state index in [2.05, 4.69) is 15.3 Å². The number of halogens is 1. The van der Waals surface area contributed by atoms with E-state index in [0.717, 1.165) is 5.56 Å². The van der Waals surface area contributed by atoms with E-state index < -0.39 is 6.10 Å². The number of aryl methyl sites for hydroxylation is 1. The van der Waals surface area contributed by atoms with E-state index in [-0.39, 0.29) is 11.0 Å². The van der Waals surface area contributed by atoms with Gasteiger partial charge in [0.15, 0.2) is 0 Å². The van der Waals surface area contributed by atoms with Crippen molar-refractivity contribution in [1.29, 1.82) is 0 Å². The Morgan fingerprint density at radius 2 is 2.08 bits per heavy atom. The number of nitrogens with zero attached hydrogens (tertiary/aromatic N) is 2. The van der Waals surface area contributed by atoms with Crippen LogP contribution in [-0.4, -0.2) is 39.9 Å². The number of aromatic nitrogens is 2. The highest BCUT2D eigenvalue weighted by molar-refractivity contribution is 6.28. The zero-order chi connectivity index (χ0) is 17.7. The molecule has 0 spiro atoms. The molecule has 0 fully saturated rings. The molecule has 128 valence electrons. The number of methoxy groups -OCH3 is 1. The van der Waals surface area contributed by atoms with Gasteiger partial charge in [-0.2, -0.15) is 0 Å². The van der Waals surface area contributed by atoms with Crippen molar-refractivity contribution in [1.82, 2.24) is 9.97 Å². The second-order valence-corrected chi connectivity index (χ2v) is 5.78. The van der Waals surface area contributed by atoms with Gasteiger partial charge in [0.1, 0.15) is 17.3 Å². The monoisotopic (exact) mass is 349 g/mol. The average molecular weight is 350 g/mol. The highest BCUT2D eigenvalue weighted by atomic mass is 35.5. The average Bonchev–Trinajstić information content (AvgIpc) is 2.51. The van der Waals surface area contributed by atoms with Gasteiger partial charge in [-0.3, -0.25) is 0 Å². The second kappa shape index (κ2) is 7.99. The van der Waals surface area contributed by atoms with Crippen LogP contribution in [-0.2, 0) is 0 Å². The van der Waals surface area contributed by atoms with Crippen molar-refractivity contribution in [3.8, 4) is 5.75 Å². The number of ether oxygens (including phenoxy) is 1. The first-order valence-electron chi connectivity index (χ1n) is 7.40. The normalized spacial score (nSPS) is 12.8. The number of hydrogen-bond acceptors (Lipinski definition) is 6. The van der Waals surface area contributed by atoms with Crippen molar-refractivity contribution >= 4 is 29.3 Å². The van der Waals surface area contributed by atoms with Crippen LogP contribution in [0.1, 0.15) is 23.7 Å². The van der Waals surface area contributed by atoms with Gasteiger partial charge < -0.3 is 20.3 Å². The Morgan fingerprint density at radius 1 is 1.33 bits per heavy atom. The molecule has 0 saturated carbocycles. The van der Waals surface area contributed by atoms with E-state index in [1.165, 1.54) is 6.08 Å². The van der Waals surface area contributed by atoms with Crippen molar-refractivity contribution in [2.45, 2.75) is 20.0 Å². The van der Waals surface area contributed by atoms with Crippen molar-refractivity contribution in [3.05, 3.63) is 46.4 Å². The van der Waals surface area contributed by atoms with Gasteiger partial charge in [0.05, 0.1) is 18.9 Å². The summed E-state index contributed by atoms with van der Waals surface area (Å²) in [6.45, 7) is 3.91. The molecule has 0 amide bonds. The molecule has 6 nitrogen and oxygen atoms in total. The fourth-order valence-electron chi connectivity index (χ4n) is 2.09. The van der Waals surface area contributed by atoms with Crippen molar-refractivity contribution < 1.29 is 14.9 Å². The minimum absolute atomic E-state index is 0.0354. The summed E-state index contributed by atoms with van der Waals surface area (Å²) < 4.78 is 5.21. The fraction of sp³-hybridized carbons (Fsp3) is 0.294. The van der Waals surface area contributed by atoms with E-state index in [1.807, 2.05) is 19.1 Å². The lowest BCUT2D eigenvalue weighted by Crippen LogP contribution is -2.16. The summed E-state index contributed by atoms with van der Waals surface area (Å²) in [6, 6.07) is 7.08. The number of anilines is 1. The van der Waals surface area contributed by atoms with Gasteiger partial charge in [-0.25, -0.2) is 9.97 Å². The van der Waals surface area contributed by atoms with E-state index in [9.17, 15) is 10.2 Å².